The Morgan fingerprint density at radius 1 is 1.05 bits per heavy atom. The molecule has 0 fully saturated rings. The van der Waals surface area contributed by atoms with E-state index in [1.165, 1.54) is 5.56 Å². The van der Waals surface area contributed by atoms with Gasteiger partial charge in [-0.3, -0.25) is 9.19 Å². The molecule has 1 aromatic heterocycles. The third-order valence-electron chi connectivity index (χ3n) is 3.07. The minimum atomic E-state index is -1.07. The van der Waals surface area contributed by atoms with Crippen molar-refractivity contribution in [2.45, 2.75) is 30.9 Å². The number of hydrogen-bond donors (Lipinski definition) is 0. The molecule has 0 saturated heterocycles. The van der Waals surface area contributed by atoms with Crippen LogP contribution in [0.15, 0.2) is 53.6 Å². The molecule has 0 spiro atoms. The standard InChI is InChI=1S/C16H19NOS/c1-12(2)16(15-6-4-5-11-17-15)19(18)14-9-7-13(3)8-10-14/h4-12,16H,1-3H3/t16-,19?/m1/s1. The fourth-order valence-corrected chi connectivity index (χ4v) is 3.61. The smallest absolute Gasteiger partial charge is 0.0838 e. The van der Waals surface area contributed by atoms with Gasteiger partial charge in [0, 0.05) is 11.1 Å². The molecule has 2 rings (SSSR count). The van der Waals surface area contributed by atoms with Crippen LogP contribution in [0.25, 0.3) is 0 Å². The van der Waals surface area contributed by atoms with Crippen LogP contribution < -0.4 is 0 Å². The van der Waals surface area contributed by atoms with E-state index >= 15 is 0 Å². The van der Waals surface area contributed by atoms with E-state index in [0.29, 0.717) is 0 Å². The molecule has 0 saturated carbocycles. The summed E-state index contributed by atoms with van der Waals surface area (Å²) in [4.78, 5) is 5.24. The van der Waals surface area contributed by atoms with Gasteiger partial charge in [-0.15, -0.1) is 0 Å². The summed E-state index contributed by atoms with van der Waals surface area (Å²) in [7, 11) is -1.07. The SMILES string of the molecule is Cc1ccc(S(=O)[C@@H](c2ccccn2)C(C)C)cc1. The molecule has 2 nitrogen and oxygen atoms in total. The summed E-state index contributed by atoms with van der Waals surface area (Å²) in [6.07, 6.45) is 1.76. The van der Waals surface area contributed by atoms with Gasteiger partial charge in [-0.05, 0) is 37.1 Å². The number of hydrogen-bond acceptors (Lipinski definition) is 2. The van der Waals surface area contributed by atoms with Crippen LogP contribution in [0.3, 0.4) is 0 Å². The Balaban J connectivity index is 2.35. The third kappa shape index (κ3) is 3.29. The second-order valence-corrected chi connectivity index (χ2v) is 6.60. The first-order valence-corrected chi connectivity index (χ1v) is 7.69. The maximum Gasteiger partial charge on any atom is 0.0838 e. The van der Waals surface area contributed by atoms with E-state index in [4.69, 9.17) is 0 Å². The number of pyridine rings is 1. The molecular formula is C16H19NOS. The van der Waals surface area contributed by atoms with Crippen molar-refractivity contribution in [3.8, 4) is 0 Å². The first-order valence-electron chi connectivity index (χ1n) is 6.48. The number of nitrogens with zero attached hydrogens (tertiary/aromatic N) is 1. The van der Waals surface area contributed by atoms with Crippen LogP contribution >= 0.6 is 0 Å². The lowest BCUT2D eigenvalue weighted by molar-refractivity contribution is 0.588. The van der Waals surface area contributed by atoms with Crippen LogP contribution in [0.2, 0.25) is 0 Å². The van der Waals surface area contributed by atoms with Crippen molar-refractivity contribution in [2.75, 3.05) is 0 Å². The highest BCUT2D eigenvalue weighted by Gasteiger charge is 2.24. The number of aryl methyl sites for hydroxylation is 1. The zero-order chi connectivity index (χ0) is 13.8. The maximum atomic E-state index is 12.8. The van der Waals surface area contributed by atoms with Crippen molar-refractivity contribution < 1.29 is 4.21 Å². The van der Waals surface area contributed by atoms with Crippen LogP contribution in [0, 0.1) is 12.8 Å². The second kappa shape index (κ2) is 6.11. The van der Waals surface area contributed by atoms with Crippen molar-refractivity contribution in [3.63, 3.8) is 0 Å². The van der Waals surface area contributed by atoms with Crippen molar-refractivity contribution in [2.24, 2.45) is 5.92 Å². The Kier molecular flexibility index (Phi) is 4.48. The monoisotopic (exact) mass is 273 g/mol. The summed E-state index contributed by atoms with van der Waals surface area (Å²) in [5.74, 6) is 0.275. The van der Waals surface area contributed by atoms with Crippen molar-refractivity contribution in [3.05, 3.63) is 59.9 Å². The fourth-order valence-electron chi connectivity index (χ4n) is 2.06. The summed E-state index contributed by atoms with van der Waals surface area (Å²) in [5.41, 5.74) is 2.08. The summed E-state index contributed by atoms with van der Waals surface area (Å²) >= 11 is 0. The van der Waals surface area contributed by atoms with E-state index in [0.717, 1.165) is 10.6 Å². The Hall–Kier alpha value is -1.48. The average molecular weight is 273 g/mol. The Bertz CT molecular complexity index is 549. The van der Waals surface area contributed by atoms with Crippen LogP contribution in [0.1, 0.15) is 30.4 Å². The van der Waals surface area contributed by atoms with Gasteiger partial charge in [-0.2, -0.15) is 0 Å². The highest BCUT2D eigenvalue weighted by atomic mass is 32.2. The molecule has 0 amide bonds. The molecule has 1 unspecified atom stereocenters. The van der Waals surface area contributed by atoms with Gasteiger partial charge in [0.05, 0.1) is 21.7 Å². The van der Waals surface area contributed by atoms with Gasteiger partial charge in [0.15, 0.2) is 0 Å². The summed E-state index contributed by atoms with van der Waals surface area (Å²) < 4.78 is 12.8. The third-order valence-corrected chi connectivity index (χ3v) is 5.05. The van der Waals surface area contributed by atoms with E-state index in [9.17, 15) is 4.21 Å². The largest absolute Gasteiger partial charge is 0.260 e. The lowest BCUT2D eigenvalue weighted by Gasteiger charge is -2.19. The molecule has 0 radical (unpaired) electrons. The zero-order valence-corrected chi connectivity index (χ0v) is 12.4. The first kappa shape index (κ1) is 13.9. The van der Waals surface area contributed by atoms with Gasteiger partial charge in [0.1, 0.15) is 0 Å². The lowest BCUT2D eigenvalue weighted by atomic mass is 10.1. The molecule has 0 aliphatic heterocycles. The Labute approximate surface area is 117 Å². The van der Waals surface area contributed by atoms with Gasteiger partial charge in [-0.25, -0.2) is 0 Å². The summed E-state index contributed by atoms with van der Waals surface area (Å²) in [6.45, 7) is 6.21. The Morgan fingerprint density at radius 3 is 2.26 bits per heavy atom. The lowest BCUT2D eigenvalue weighted by Crippen LogP contribution is -2.14. The molecule has 3 heteroatoms. The van der Waals surface area contributed by atoms with Crippen LogP contribution in [-0.2, 0) is 10.8 Å². The van der Waals surface area contributed by atoms with E-state index in [1.807, 2.05) is 49.4 Å². The number of benzene rings is 1. The van der Waals surface area contributed by atoms with Gasteiger partial charge in [0.2, 0.25) is 0 Å². The molecule has 0 bridgehead atoms. The highest BCUT2D eigenvalue weighted by Crippen LogP contribution is 2.30. The van der Waals surface area contributed by atoms with E-state index < -0.39 is 10.8 Å². The predicted molar refractivity (Wildman–Crippen MR) is 79.4 cm³/mol. The van der Waals surface area contributed by atoms with E-state index in [2.05, 4.69) is 18.8 Å². The van der Waals surface area contributed by atoms with Gasteiger partial charge in [-0.1, -0.05) is 37.6 Å². The molecule has 2 atom stereocenters. The van der Waals surface area contributed by atoms with Crippen molar-refractivity contribution >= 4 is 10.8 Å². The highest BCUT2D eigenvalue weighted by molar-refractivity contribution is 7.85. The molecular weight excluding hydrogens is 254 g/mol. The quantitative estimate of drug-likeness (QED) is 0.845. The normalized spacial score (nSPS) is 14.3. The van der Waals surface area contributed by atoms with Crippen LogP contribution in [0.5, 0.6) is 0 Å². The van der Waals surface area contributed by atoms with Gasteiger partial charge in [0.25, 0.3) is 0 Å². The Morgan fingerprint density at radius 2 is 1.74 bits per heavy atom. The van der Waals surface area contributed by atoms with E-state index in [1.54, 1.807) is 6.20 Å². The average Bonchev–Trinajstić information content (AvgIpc) is 2.40. The zero-order valence-electron chi connectivity index (χ0n) is 11.5. The van der Waals surface area contributed by atoms with Gasteiger partial charge >= 0.3 is 0 Å². The maximum absolute atomic E-state index is 12.8. The van der Waals surface area contributed by atoms with Gasteiger partial charge < -0.3 is 0 Å². The molecule has 0 N–H and O–H groups in total. The molecule has 1 heterocycles. The van der Waals surface area contributed by atoms with Crippen molar-refractivity contribution in [1.29, 1.82) is 0 Å². The van der Waals surface area contributed by atoms with Crippen molar-refractivity contribution in [1.82, 2.24) is 4.98 Å². The molecule has 0 aliphatic rings. The molecule has 1 aromatic carbocycles. The number of rotatable bonds is 4. The minimum Gasteiger partial charge on any atom is -0.260 e. The molecule has 100 valence electrons. The predicted octanol–water partition coefficient (Wildman–Crippen LogP) is 3.89. The number of aromatic nitrogens is 1. The summed E-state index contributed by atoms with van der Waals surface area (Å²) in [6, 6.07) is 13.7. The molecule has 0 aliphatic carbocycles. The fraction of sp³-hybridized carbons (Fsp3) is 0.312. The minimum absolute atomic E-state index is 0.0658. The second-order valence-electron chi connectivity index (χ2n) is 5.03. The van der Waals surface area contributed by atoms with E-state index in [-0.39, 0.29) is 11.2 Å². The summed E-state index contributed by atoms with van der Waals surface area (Å²) in [5, 5.41) is -0.0658. The molecule has 19 heavy (non-hydrogen) atoms. The first-order chi connectivity index (χ1) is 9.09. The van der Waals surface area contributed by atoms with Crippen LogP contribution in [-0.4, -0.2) is 9.19 Å². The van der Waals surface area contributed by atoms with Crippen LogP contribution in [0.4, 0.5) is 0 Å². The molecule has 2 aromatic rings. The topological polar surface area (TPSA) is 30.0 Å².